The van der Waals surface area contributed by atoms with E-state index in [1.54, 1.807) is 48.5 Å². The predicted molar refractivity (Wildman–Crippen MR) is 141 cm³/mol. The van der Waals surface area contributed by atoms with Crippen LogP contribution in [0.25, 0.3) is 0 Å². The third-order valence-electron chi connectivity index (χ3n) is 5.05. The first-order chi connectivity index (χ1) is 16.0. The molecule has 0 aliphatic rings. The van der Waals surface area contributed by atoms with E-state index in [0.29, 0.717) is 29.9 Å². The van der Waals surface area contributed by atoms with Crippen molar-refractivity contribution in [2.45, 2.75) is 62.8 Å². The van der Waals surface area contributed by atoms with Gasteiger partial charge in [0.25, 0.3) is 5.91 Å². The highest BCUT2D eigenvalue weighted by Gasteiger charge is 2.09. The van der Waals surface area contributed by atoms with Crippen LogP contribution in [0.15, 0.2) is 53.4 Å². The van der Waals surface area contributed by atoms with Crippen molar-refractivity contribution in [3.63, 3.8) is 0 Å². The number of nitrogens with one attached hydrogen (secondary N) is 3. The number of anilines is 2. The van der Waals surface area contributed by atoms with Crippen molar-refractivity contribution in [1.29, 1.82) is 0 Å². The van der Waals surface area contributed by atoms with E-state index in [4.69, 9.17) is 0 Å². The Balaban J connectivity index is 1.78. The van der Waals surface area contributed by atoms with Gasteiger partial charge in [-0.05, 0) is 61.4 Å². The second-order valence-corrected chi connectivity index (χ2v) is 10.1. The maximum Gasteiger partial charge on any atom is 0.319 e. The third-order valence-corrected chi connectivity index (χ3v) is 6.70. The zero-order chi connectivity index (χ0) is 23.9. The fourth-order valence-electron chi connectivity index (χ4n) is 3.12. The van der Waals surface area contributed by atoms with Crippen molar-refractivity contribution in [1.82, 2.24) is 5.32 Å². The van der Waals surface area contributed by atoms with Gasteiger partial charge in [0.1, 0.15) is 0 Å². The summed E-state index contributed by atoms with van der Waals surface area (Å²) < 4.78 is 0. The Morgan fingerprint density at radius 2 is 1.45 bits per heavy atom. The second kappa shape index (κ2) is 15.3. The molecule has 0 bridgehead atoms. The Bertz CT molecular complexity index is 889. The fourth-order valence-corrected chi connectivity index (χ4v) is 4.26. The number of carbonyl (C=O) groups is 3. The Kier molecular flexibility index (Phi) is 12.4. The molecule has 0 atom stereocenters. The van der Waals surface area contributed by atoms with Crippen LogP contribution in [0, 0.1) is 0 Å². The van der Waals surface area contributed by atoms with Crippen LogP contribution in [0.4, 0.5) is 16.2 Å². The molecule has 0 saturated carbocycles. The molecular formula is C25H35N3O3SSi. The first-order valence-electron chi connectivity index (χ1n) is 11.8. The largest absolute Gasteiger partial charge is 0.338 e. The number of benzene rings is 2. The number of urea groups is 1. The number of unbranched alkanes of at least 4 members (excludes halogenated alkanes) is 4. The molecule has 0 unspecified atom stereocenters. The molecule has 0 aromatic heterocycles. The topological polar surface area (TPSA) is 87.3 Å². The number of hydrogen-bond donors (Lipinski definition) is 3. The van der Waals surface area contributed by atoms with Crippen LogP contribution in [0.2, 0.25) is 6.04 Å². The summed E-state index contributed by atoms with van der Waals surface area (Å²) in [6.45, 7) is 2.85. The van der Waals surface area contributed by atoms with E-state index in [0.717, 1.165) is 40.4 Å². The molecular weight excluding hydrogens is 450 g/mol. The van der Waals surface area contributed by atoms with Crippen LogP contribution in [-0.2, 0) is 4.79 Å². The highest BCUT2D eigenvalue weighted by molar-refractivity contribution is 8.13. The van der Waals surface area contributed by atoms with Gasteiger partial charge in [-0.3, -0.25) is 9.59 Å². The van der Waals surface area contributed by atoms with Crippen molar-refractivity contribution in [3.8, 4) is 0 Å². The van der Waals surface area contributed by atoms with Gasteiger partial charge in [0, 0.05) is 45.0 Å². The van der Waals surface area contributed by atoms with Gasteiger partial charge >= 0.3 is 6.03 Å². The molecule has 3 amide bonds. The lowest BCUT2D eigenvalue weighted by Crippen LogP contribution is -2.29. The smallest absolute Gasteiger partial charge is 0.319 e. The molecule has 33 heavy (non-hydrogen) atoms. The van der Waals surface area contributed by atoms with Crippen molar-refractivity contribution in [3.05, 3.63) is 54.1 Å². The normalized spacial score (nSPS) is 10.6. The summed E-state index contributed by atoms with van der Waals surface area (Å²) in [6.07, 6.45) is 7.23. The van der Waals surface area contributed by atoms with E-state index in [9.17, 15) is 14.4 Å². The number of carbonyl (C=O) groups excluding carboxylic acids is 3. The maximum atomic E-state index is 12.5. The Morgan fingerprint density at radius 1 is 0.818 bits per heavy atom. The molecule has 0 fully saturated rings. The average Bonchev–Trinajstić information content (AvgIpc) is 2.81. The highest BCUT2D eigenvalue weighted by Crippen LogP contribution is 2.23. The molecule has 178 valence electrons. The lowest BCUT2D eigenvalue weighted by molar-refractivity contribution is -0.111. The van der Waals surface area contributed by atoms with Crippen LogP contribution in [0.3, 0.4) is 0 Å². The maximum absolute atomic E-state index is 12.5. The van der Waals surface area contributed by atoms with Crippen molar-refractivity contribution >= 4 is 50.4 Å². The molecule has 8 heteroatoms. The first kappa shape index (κ1) is 26.7. The molecule has 0 radical (unpaired) electrons. The summed E-state index contributed by atoms with van der Waals surface area (Å²) in [5, 5.41) is 8.60. The SMILES string of the molecule is CCCCCCCC(=O)Sc1ccc(C(=O)Nc2ccc(NC(=O)NCCC[SiH3])cc2)cc1. The number of thioether (sulfide) groups is 1. The van der Waals surface area contributed by atoms with Gasteiger partial charge in [-0.25, -0.2) is 4.79 Å². The van der Waals surface area contributed by atoms with E-state index in [2.05, 4.69) is 22.9 Å². The Hall–Kier alpha value is -2.58. The van der Waals surface area contributed by atoms with Crippen molar-refractivity contribution in [2.75, 3.05) is 17.2 Å². The Labute approximate surface area is 204 Å². The van der Waals surface area contributed by atoms with E-state index >= 15 is 0 Å². The van der Waals surface area contributed by atoms with E-state index < -0.39 is 0 Å². The van der Waals surface area contributed by atoms with Gasteiger partial charge in [-0.1, -0.05) is 50.4 Å². The van der Waals surface area contributed by atoms with Gasteiger partial charge in [0.2, 0.25) is 0 Å². The quantitative estimate of drug-likeness (QED) is 0.206. The molecule has 2 aromatic carbocycles. The van der Waals surface area contributed by atoms with E-state index in [1.165, 1.54) is 31.0 Å². The van der Waals surface area contributed by atoms with E-state index in [-0.39, 0.29) is 17.1 Å². The minimum atomic E-state index is -0.227. The average molecular weight is 486 g/mol. The van der Waals surface area contributed by atoms with Crippen LogP contribution in [0.1, 0.15) is 62.2 Å². The molecule has 2 aromatic rings. The minimum absolute atomic E-state index is 0.165. The fraction of sp³-hybridized carbons (Fsp3) is 0.400. The minimum Gasteiger partial charge on any atom is -0.338 e. The number of rotatable bonds is 13. The zero-order valence-corrected chi connectivity index (χ0v) is 22.4. The van der Waals surface area contributed by atoms with Crippen molar-refractivity contribution < 1.29 is 14.4 Å². The molecule has 0 aliphatic heterocycles. The lowest BCUT2D eigenvalue weighted by Gasteiger charge is -2.09. The van der Waals surface area contributed by atoms with Crippen LogP contribution in [0.5, 0.6) is 0 Å². The second-order valence-electron chi connectivity index (χ2n) is 7.93. The van der Waals surface area contributed by atoms with Gasteiger partial charge in [-0.15, -0.1) is 0 Å². The van der Waals surface area contributed by atoms with E-state index in [1.807, 2.05) is 0 Å². The number of hydrogen-bond acceptors (Lipinski definition) is 4. The monoisotopic (exact) mass is 485 g/mol. The summed E-state index contributed by atoms with van der Waals surface area (Å²) >= 11 is 1.24. The third kappa shape index (κ3) is 10.7. The van der Waals surface area contributed by atoms with Crippen molar-refractivity contribution in [2.24, 2.45) is 0 Å². The lowest BCUT2D eigenvalue weighted by atomic mass is 10.1. The summed E-state index contributed by atoms with van der Waals surface area (Å²) in [5.41, 5.74) is 1.82. The van der Waals surface area contributed by atoms with Crippen LogP contribution < -0.4 is 16.0 Å². The molecule has 0 aliphatic carbocycles. The zero-order valence-electron chi connectivity index (χ0n) is 19.6. The van der Waals surface area contributed by atoms with Crippen LogP contribution in [-0.4, -0.2) is 33.8 Å². The predicted octanol–water partition coefficient (Wildman–Crippen LogP) is 5.21. The van der Waals surface area contributed by atoms with Crippen LogP contribution >= 0.6 is 11.8 Å². The first-order valence-corrected chi connectivity index (χ1v) is 14.0. The van der Waals surface area contributed by atoms with Gasteiger partial charge in [0.05, 0.1) is 0 Å². The highest BCUT2D eigenvalue weighted by atomic mass is 32.2. The summed E-state index contributed by atoms with van der Waals surface area (Å²) in [6, 6.07) is 15.0. The molecule has 0 heterocycles. The molecule has 6 nitrogen and oxygen atoms in total. The Morgan fingerprint density at radius 3 is 2.09 bits per heavy atom. The standard InChI is InChI=1S/C25H35N3O3SSi/c1-2-3-4-5-6-8-23(29)32-22-15-9-19(10-16-22)24(30)27-20-11-13-21(14-12-20)28-25(31)26-17-7-18-33/h9-16H,2-8,17-18H2,1,33H3,(H,27,30)(H2,26,28,31). The van der Waals surface area contributed by atoms with Gasteiger partial charge < -0.3 is 16.0 Å². The molecule has 2 rings (SSSR count). The summed E-state index contributed by atoms with van der Waals surface area (Å²) in [4.78, 5) is 37.3. The van der Waals surface area contributed by atoms with Gasteiger partial charge in [-0.2, -0.15) is 0 Å². The molecule has 0 saturated heterocycles. The molecule has 0 spiro atoms. The van der Waals surface area contributed by atoms with Gasteiger partial charge in [0.15, 0.2) is 5.12 Å². The molecule has 3 N–H and O–H groups in total. The summed E-state index contributed by atoms with van der Waals surface area (Å²) in [7, 11) is 1.14. The summed E-state index contributed by atoms with van der Waals surface area (Å²) in [5.74, 6) is -0.227. The number of amides is 3.